The summed E-state index contributed by atoms with van der Waals surface area (Å²) < 4.78 is 6.09. The molecule has 0 saturated heterocycles. The van der Waals surface area contributed by atoms with Crippen LogP contribution in [0.15, 0.2) is 0 Å². The lowest BCUT2D eigenvalue weighted by atomic mass is 9.48. The molecule has 9 atom stereocenters. The van der Waals surface area contributed by atoms with Crippen LogP contribution in [-0.2, 0) is 9.53 Å². The fourth-order valence-electron chi connectivity index (χ4n) is 8.02. The molecule has 4 heteroatoms. The molecule has 4 saturated carbocycles. The Labute approximate surface area is 166 Å². The highest BCUT2D eigenvalue weighted by molar-refractivity contribution is 9.09. The molecule has 4 fully saturated rings. The summed E-state index contributed by atoms with van der Waals surface area (Å²) >= 11 is 3.42. The van der Waals surface area contributed by atoms with Crippen LogP contribution in [0.3, 0.4) is 0 Å². The number of methoxy groups -OCH3 is 1. The molecule has 0 aromatic rings. The number of aliphatic hydroxyl groups is 1. The third kappa shape index (κ3) is 2.85. The number of fused-ring (bicyclic) bond motifs is 5. The summed E-state index contributed by atoms with van der Waals surface area (Å²) in [5.41, 5.74) is -0.452. The molecule has 0 aromatic carbocycles. The Hall–Kier alpha value is 0.0700. The van der Waals surface area contributed by atoms with Crippen LogP contribution in [0.5, 0.6) is 0 Å². The normalized spacial score (nSPS) is 53.5. The van der Waals surface area contributed by atoms with Crippen molar-refractivity contribution in [2.75, 3.05) is 12.4 Å². The summed E-state index contributed by atoms with van der Waals surface area (Å²) in [5, 5.41) is 11.0. The van der Waals surface area contributed by atoms with Gasteiger partial charge in [-0.2, -0.15) is 0 Å². The Balaban J connectivity index is 1.62. The lowest BCUT2D eigenvalue weighted by Crippen LogP contribution is -2.57. The fourth-order valence-corrected chi connectivity index (χ4v) is 8.41. The highest BCUT2D eigenvalue weighted by Gasteiger charge is 2.62. The van der Waals surface area contributed by atoms with Crippen LogP contribution in [0.1, 0.15) is 65.2 Å². The number of carbonyl (C=O) groups is 1. The molecule has 1 N–H and O–H groups in total. The van der Waals surface area contributed by atoms with Gasteiger partial charge < -0.3 is 9.84 Å². The van der Waals surface area contributed by atoms with Crippen LogP contribution in [0.25, 0.3) is 0 Å². The number of Topliss-reactive ketones (excluding diaryl/α,β-unsaturated/α-hetero) is 1. The maximum atomic E-state index is 12.7. The van der Waals surface area contributed by atoms with Gasteiger partial charge in [0.05, 0.1) is 17.0 Å². The number of carbonyl (C=O) groups excluding carboxylic acids is 1. The smallest absolute Gasteiger partial charge is 0.147 e. The molecule has 4 rings (SSSR count). The van der Waals surface area contributed by atoms with Gasteiger partial charge in [-0.25, -0.2) is 0 Å². The van der Waals surface area contributed by atoms with Gasteiger partial charge in [-0.15, -0.1) is 0 Å². The number of hydrogen-bond acceptors (Lipinski definition) is 3. The number of alkyl halides is 1. The molecule has 4 aliphatic rings. The average molecular weight is 427 g/mol. The minimum Gasteiger partial charge on any atom is -0.390 e. The zero-order valence-corrected chi connectivity index (χ0v) is 18.1. The van der Waals surface area contributed by atoms with Crippen LogP contribution in [-0.4, -0.2) is 35.0 Å². The Morgan fingerprint density at radius 3 is 2.58 bits per heavy atom. The monoisotopic (exact) mass is 426 g/mol. The van der Waals surface area contributed by atoms with E-state index in [0.29, 0.717) is 22.9 Å². The number of rotatable bonds is 3. The zero-order valence-electron chi connectivity index (χ0n) is 16.5. The largest absolute Gasteiger partial charge is 0.390 e. The predicted molar refractivity (Wildman–Crippen MR) is 106 cm³/mol. The summed E-state index contributed by atoms with van der Waals surface area (Å²) in [6, 6.07) is 0. The Morgan fingerprint density at radius 1 is 1.12 bits per heavy atom. The van der Waals surface area contributed by atoms with Crippen LogP contribution >= 0.6 is 15.9 Å². The van der Waals surface area contributed by atoms with Crippen molar-refractivity contribution < 1.29 is 14.6 Å². The zero-order chi connectivity index (χ0) is 18.7. The summed E-state index contributed by atoms with van der Waals surface area (Å²) in [6.45, 7) is 4.39. The van der Waals surface area contributed by atoms with Crippen LogP contribution in [0.2, 0.25) is 0 Å². The fraction of sp³-hybridized carbons (Fsp3) is 0.955. The first-order valence-corrected chi connectivity index (χ1v) is 11.8. The molecule has 0 bridgehead atoms. The van der Waals surface area contributed by atoms with E-state index in [-0.39, 0.29) is 17.4 Å². The molecule has 26 heavy (non-hydrogen) atoms. The SMILES string of the molecule is CO[C@@H]1C[C@H]2[C@@H](CC[C@@H]3C[C@](C)(O)CC[C@@H]32)[C@@H]2CC[C@H](C(=O)CBr)[C@@]12C. The maximum absolute atomic E-state index is 12.7. The highest BCUT2D eigenvalue weighted by Crippen LogP contribution is 2.65. The van der Waals surface area contributed by atoms with Crippen LogP contribution in [0.4, 0.5) is 0 Å². The minimum absolute atomic E-state index is 0.00770. The summed E-state index contributed by atoms with van der Waals surface area (Å²) in [6.07, 6.45) is 9.19. The van der Waals surface area contributed by atoms with Gasteiger partial charge in [0.1, 0.15) is 5.78 Å². The van der Waals surface area contributed by atoms with E-state index in [0.717, 1.165) is 43.4 Å². The second kappa shape index (κ2) is 6.84. The number of hydrogen-bond donors (Lipinski definition) is 1. The molecule has 0 aliphatic heterocycles. The molecule has 0 spiro atoms. The van der Waals surface area contributed by atoms with E-state index in [4.69, 9.17) is 4.74 Å². The summed E-state index contributed by atoms with van der Waals surface area (Å²) in [7, 11) is 1.85. The quantitative estimate of drug-likeness (QED) is 0.670. The summed E-state index contributed by atoms with van der Waals surface area (Å²) in [4.78, 5) is 12.7. The van der Waals surface area contributed by atoms with Crippen LogP contribution < -0.4 is 0 Å². The molecule has 0 heterocycles. The van der Waals surface area contributed by atoms with Gasteiger partial charge in [0.15, 0.2) is 0 Å². The first kappa shape index (κ1) is 19.4. The van der Waals surface area contributed by atoms with Gasteiger partial charge in [0.25, 0.3) is 0 Å². The van der Waals surface area contributed by atoms with Crippen molar-refractivity contribution in [3.8, 4) is 0 Å². The van der Waals surface area contributed by atoms with E-state index in [1.54, 1.807) is 0 Å². The third-order valence-corrected chi connectivity index (χ3v) is 9.66. The van der Waals surface area contributed by atoms with E-state index < -0.39 is 5.60 Å². The molecule has 0 unspecified atom stereocenters. The molecular weight excluding hydrogens is 392 g/mol. The first-order valence-electron chi connectivity index (χ1n) is 10.7. The number of halogens is 1. The molecule has 0 amide bonds. The number of ketones is 1. The molecule has 0 aromatic heterocycles. The average Bonchev–Trinajstić information content (AvgIpc) is 2.97. The van der Waals surface area contributed by atoms with Crippen molar-refractivity contribution >= 4 is 21.7 Å². The van der Waals surface area contributed by atoms with Crippen molar-refractivity contribution in [1.29, 1.82) is 0 Å². The molecular formula is C22H35BrO3. The minimum atomic E-state index is -0.460. The van der Waals surface area contributed by atoms with E-state index in [1.165, 1.54) is 25.7 Å². The van der Waals surface area contributed by atoms with Gasteiger partial charge >= 0.3 is 0 Å². The van der Waals surface area contributed by atoms with Gasteiger partial charge in [-0.3, -0.25) is 4.79 Å². The van der Waals surface area contributed by atoms with Crippen molar-refractivity contribution in [2.45, 2.75) is 76.9 Å². The van der Waals surface area contributed by atoms with E-state index in [1.807, 2.05) is 14.0 Å². The number of ether oxygens (including phenoxy) is 1. The first-order chi connectivity index (χ1) is 12.3. The van der Waals surface area contributed by atoms with E-state index in [9.17, 15) is 9.90 Å². The van der Waals surface area contributed by atoms with Gasteiger partial charge in [-0.05, 0) is 87.9 Å². The predicted octanol–water partition coefficient (Wildman–Crippen LogP) is 4.60. The van der Waals surface area contributed by atoms with Crippen molar-refractivity contribution in [2.24, 2.45) is 40.9 Å². The molecule has 148 valence electrons. The maximum Gasteiger partial charge on any atom is 0.147 e. The standard InChI is InChI=1S/C22H35BrO3/c1-21(25)9-8-14-13(11-21)4-5-15-16(14)10-20(26-3)22(2)17(15)6-7-18(22)19(24)12-23/h13-18,20,25H,4-12H2,1-3H3/t13-,14+,15-,16-,17+,18-,20-,21-,22+/m1/s1. The van der Waals surface area contributed by atoms with Gasteiger partial charge in [-0.1, -0.05) is 22.9 Å². The van der Waals surface area contributed by atoms with E-state index >= 15 is 0 Å². The highest BCUT2D eigenvalue weighted by atomic mass is 79.9. The molecule has 0 radical (unpaired) electrons. The van der Waals surface area contributed by atoms with Crippen LogP contribution in [0, 0.1) is 40.9 Å². The van der Waals surface area contributed by atoms with E-state index in [2.05, 4.69) is 22.9 Å². The summed E-state index contributed by atoms with van der Waals surface area (Å²) in [5.74, 6) is 4.07. The van der Waals surface area contributed by atoms with Gasteiger partial charge in [0, 0.05) is 18.4 Å². The Kier molecular flexibility index (Phi) is 5.10. The second-order valence-electron chi connectivity index (χ2n) is 10.2. The third-order valence-electron chi connectivity index (χ3n) is 9.11. The molecule has 4 aliphatic carbocycles. The Morgan fingerprint density at radius 2 is 1.88 bits per heavy atom. The lowest BCUT2D eigenvalue weighted by molar-refractivity contribution is -0.164. The van der Waals surface area contributed by atoms with Crippen molar-refractivity contribution in [1.82, 2.24) is 0 Å². The van der Waals surface area contributed by atoms with Crippen molar-refractivity contribution in [3.63, 3.8) is 0 Å². The second-order valence-corrected chi connectivity index (χ2v) is 10.8. The van der Waals surface area contributed by atoms with Crippen molar-refractivity contribution in [3.05, 3.63) is 0 Å². The molecule has 3 nitrogen and oxygen atoms in total. The topological polar surface area (TPSA) is 46.5 Å². The lowest BCUT2D eigenvalue weighted by Gasteiger charge is -2.59. The van der Waals surface area contributed by atoms with Gasteiger partial charge in [0.2, 0.25) is 0 Å². The Bertz CT molecular complexity index is 562.